The molecule has 0 radical (unpaired) electrons. The van der Waals surface area contributed by atoms with Gasteiger partial charge in [-0.3, -0.25) is 4.79 Å². The molecule has 3 nitrogen and oxygen atoms in total. The van der Waals surface area contributed by atoms with Crippen molar-refractivity contribution in [2.75, 3.05) is 7.05 Å². The van der Waals surface area contributed by atoms with Crippen LogP contribution in [0.4, 0.5) is 0 Å². The number of piperidine rings is 1. The Morgan fingerprint density at radius 2 is 1.43 bits per heavy atom. The fraction of sp³-hybridized carbons (Fsp3) is 0.618. The lowest BCUT2D eigenvalue weighted by Crippen LogP contribution is -2.61. The van der Waals surface area contributed by atoms with E-state index in [0.717, 1.165) is 30.6 Å². The van der Waals surface area contributed by atoms with E-state index in [2.05, 4.69) is 93.4 Å². The van der Waals surface area contributed by atoms with Crippen LogP contribution < -0.4 is 0 Å². The first-order chi connectivity index (χ1) is 17.8. The molecule has 1 saturated heterocycles. The number of carbonyl (C=O) groups excluding carboxylic acids is 1. The maximum Gasteiger partial charge on any atom is 0.222 e. The molecule has 2 aromatic carbocycles. The normalized spacial score (nSPS) is 38.1. The molecule has 0 spiro atoms. The van der Waals surface area contributed by atoms with Crippen molar-refractivity contribution in [1.82, 2.24) is 4.90 Å². The summed E-state index contributed by atoms with van der Waals surface area (Å²) in [5.41, 5.74) is 3.12. The zero-order valence-corrected chi connectivity index (χ0v) is 23.2. The van der Waals surface area contributed by atoms with Crippen molar-refractivity contribution in [2.24, 2.45) is 34.5 Å². The average molecular weight is 500 g/mol. The van der Waals surface area contributed by atoms with E-state index < -0.39 is 0 Å². The second-order valence-corrected chi connectivity index (χ2v) is 13.3. The van der Waals surface area contributed by atoms with Gasteiger partial charge in [0.15, 0.2) is 0 Å². The van der Waals surface area contributed by atoms with E-state index >= 15 is 0 Å². The molecule has 3 heteroatoms. The lowest BCUT2D eigenvalue weighted by molar-refractivity contribution is -0.160. The number of carbonyl (C=O) groups is 1. The fourth-order valence-corrected chi connectivity index (χ4v) is 9.88. The highest BCUT2D eigenvalue weighted by molar-refractivity contribution is 5.77. The molecular formula is C34H45NO2. The third-order valence-electron chi connectivity index (χ3n) is 11.8. The van der Waals surface area contributed by atoms with Gasteiger partial charge in [0.2, 0.25) is 5.91 Å². The summed E-state index contributed by atoms with van der Waals surface area (Å²) in [4.78, 5) is 14.6. The van der Waals surface area contributed by atoms with Gasteiger partial charge in [0.25, 0.3) is 0 Å². The van der Waals surface area contributed by atoms with Crippen LogP contribution in [0.1, 0.15) is 89.4 Å². The molecule has 3 saturated carbocycles. The van der Waals surface area contributed by atoms with Gasteiger partial charge < -0.3 is 9.64 Å². The number of nitrogens with zero attached hydrogens (tertiary/aromatic N) is 1. The third-order valence-corrected chi connectivity index (χ3v) is 11.8. The molecule has 4 fully saturated rings. The van der Waals surface area contributed by atoms with Crippen LogP contribution in [0.15, 0.2) is 60.7 Å². The first-order valence-corrected chi connectivity index (χ1v) is 14.8. The van der Waals surface area contributed by atoms with Gasteiger partial charge in [-0.25, -0.2) is 0 Å². The van der Waals surface area contributed by atoms with E-state index in [4.69, 9.17) is 4.74 Å². The van der Waals surface area contributed by atoms with Gasteiger partial charge >= 0.3 is 0 Å². The van der Waals surface area contributed by atoms with Crippen LogP contribution >= 0.6 is 0 Å². The lowest BCUT2D eigenvalue weighted by Gasteiger charge is -2.62. The molecule has 8 atom stereocenters. The van der Waals surface area contributed by atoms with Gasteiger partial charge in [-0.1, -0.05) is 74.5 Å². The number of amides is 1. The molecule has 0 bridgehead atoms. The monoisotopic (exact) mass is 499 g/mol. The molecule has 2 aromatic rings. The van der Waals surface area contributed by atoms with Crippen molar-refractivity contribution in [2.45, 2.75) is 90.4 Å². The topological polar surface area (TPSA) is 29.5 Å². The van der Waals surface area contributed by atoms with Crippen molar-refractivity contribution in [3.05, 3.63) is 71.8 Å². The van der Waals surface area contributed by atoms with Crippen LogP contribution in [0.25, 0.3) is 0 Å². The Morgan fingerprint density at radius 3 is 2.08 bits per heavy atom. The van der Waals surface area contributed by atoms with E-state index in [0.29, 0.717) is 28.7 Å². The minimum atomic E-state index is -0.0268. The first-order valence-electron chi connectivity index (χ1n) is 14.8. The maximum atomic E-state index is 12.5. The summed E-state index contributed by atoms with van der Waals surface area (Å²) >= 11 is 0. The van der Waals surface area contributed by atoms with Crippen LogP contribution in [-0.4, -0.2) is 30.0 Å². The number of benzene rings is 2. The van der Waals surface area contributed by atoms with E-state index in [1.807, 2.05) is 0 Å². The summed E-state index contributed by atoms with van der Waals surface area (Å²) in [6.45, 7) is 7.49. The molecule has 3 aliphatic carbocycles. The van der Waals surface area contributed by atoms with Crippen molar-refractivity contribution in [3.8, 4) is 0 Å². The molecule has 0 aromatic heterocycles. The molecule has 1 aliphatic heterocycles. The molecule has 4 aliphatic rings. The minimum absolute atomic E-state index is 0.0268. The van der Waals surface area contributed by atoms with E-state index in [1.54, 1.807) is 0 Å². The summed E-state index contributed by atoms with van der Waals surface area (Å²) in [6.07, 6.45) is 9.73. The van der Waals surface area contributed by atoms with Crippen LogP contribution in [0.3, 0.4) is 0 Å². The SMILES string of the molecule is CC(OC(c1ccccc1)c1ccccc1)[C@H]1CC[C@H]2[C@@H]3CCC4N(C)C(=O)CC[C@]4(C)[C@H]3CC[C@]12C. The van der Waals surface area contributed by atoms with E-state index in [-0.39, 0.29) is 12.2 Å². The molecule has 1 amide bonds. The number of fused-ring (bicyclic) bond motifs is 5. The van der Waals surface area contributed by atoms with Gasteiger partial charge in [0.05, 0.1) is 6.10 Å². The maximum absolute atomic E-state index is 12.5. The number of rotatable bonds is 5. The largest absolute Gasteiger partial charge is 0.366 e. The Labute approximate surface area is 224 Å². The molecule has 0 N–H and O–H groups in total. The highest BCUT2D eigenvalue weighted by Gasteiger charge is 2.61. The van der Waals surface area contributed by atoms with Gasteiger partial charge in [-0.15, -0.1) is 0 Å². The summed E-state index contributed by atoms with van der Waals surface area (Å²) < 4.78 is 7.04. The highest BCUT2D eigenvalue weighted by Crippen LogP contribution is 2.66. The standard InChI is InChI=1S/C34H45NO2/c1-23(37-32(24-11-7-5-8-12-24)25-13-9-6-10-14-25)27-16-17-28-26-15-18-30-34(3,22-20-31(36)35(30)4)29(26)19-21-33(27,28)2/h5-14,23,26-30,32H,15-22H2,1-4H3/t23?,26-,27+,28-,29-,30?,33+,34+/m0/s1. The second-order valence-electron chi connectivity index (χ2n) is 13.3. The second kappa shape index (κ2) is 9.56. The molecule has 6 rings (SSSR count). The van der Waals surface area contributed by atoms with E-state index in [1.165, 1.54) is 49.7 Å². The molecule has 1 heterocycles. The van der Waals surface area contributed by atoms with Gasteiger partial charge in [-0.05, 0) is 97.5 Å². The van der Waals surface area contributed by atoms with Crippen molar-refractivity contribution >= 4 is 5.91 Å². The molecule has 198 valence electrons. The zero-order valence-electron chi connectivity index (χ0n) is 23.2. The summed E-state index contributed by atoms with van der Waals surface area (Å²) in [7, 11) is 2.07. The summed E-state index contributed by atoms with van der Waals surface area (Å²) in [5.74, 6) is 3.30. The van der Waals surface area contributed by atoms with Crippen molar-refractivity contribution in [1.29, 1.82) is 0 Å². The number of hydrogen-bond donors (Lipinski definition) is 0. The predicted octanol–water partition coefficient (Wildman–Crippen LogP) is 7.66. The molecular weight excluding hydrogens is 454 g/mol. The Balaban J connectivity index is 1.23. The lowest BCUT2D eigenvalue weighted by atomic mass is 9.46. The number of likely N-dealkylation sites (tertiary alicyclic amines) is 1. The summed E-state index contributed by atoms with van der Waals surface area (Å²) in [6, 6.07) is 22.0. The first kappa shape index (κ1) is 25.2. The van der Waals surface area contributed by atoms with Crippen LogP contribution in [-0.2, 0) is 9.53 Å². The zero-order chi connectivity index (χ0) is 25.8. The minimum Gasteiger partial charge on any atom is -0.366 e. The quantitative estimate of drug-likeness (QED) is 0.423. The Morgan fingerprint density at radius 1 is 0.811 bits per heavy atom. The highest BCUT2D eigenvalue weighted by atomic mass is 16.5. The van der Waals surface area contributed by atoms with Crippen molar-refractivity contribution in [3.63, 3.8) is 0 Å². The fourth-order valence-electron chi connectivity index (χ4n) is 9.88. The molecule has 2 unspecified atom stereocenters. The Kier molecular flexibility index (Phi) is 6.50. The summed E-state index contributed by atoms with van der Waals surface area (Å²) in [5, 5.41) is 0. The van der Waals surface area contributed by atoms with Gasteiger partial charge in [-0.2, -0.15) is 0 Å². The Bertz CT molecular complexity index is 1060. The number of ether oxygens (including phenoxy) is 1. The van der Waals surface area contributed by atoms with Crippen LogP contribution in [0, 0.1) is 34.5 Å². The van der Waals surface area contributed by atoms with Crippen LogP contribution in [0.5, 0.6) is 0 Å². The number of hydrogen-bond acceptors (Lipinski definition) is 2. The van der Waals surface area contributed by atoms with Crippen LogP contribution in [0.2, 0.25) is 0 Å². The average Bonchev–Trinajstić information content (AvgIpc) is 3.28. The smallest absolute Gasteiger partial charge is 0.222 e. The third kappa shape index (κ3) is 4.08. The van der Waals surface area contributed by atoms with Gasteiger partial charge in [0.1, 0.15) is 6.10 Å². The predicted molar refractivity (Wildman–Crippen MR) is 149 cm³/mol. The Hall–Kier alpha value is -2.13. The molecule has 37 heavy (non-hydrogen) atoms. The van der Waals surface area contributed by atoms with Gasteiger partial charge in [0, 0.05) is 19.5 Å². The van der Waals surface area contributed by atoms with E-state index in [9.17, 15) is 4.79 Å². The van der Waals surface area contributed by atoms with Crippen molar-refractivity contribution < 1.29 is 9.53 Å².